The van der Waals surface area contributed by atoms with Crippen LogP contribution in [0, 0.1) is 0 Å². The Morgan fingerprint density at radius 3 is 2.85 bits per heavy atom. The SMILES string of the molecule is COc1cccc(NC(=O)NCC[NH+]2CCCCC2)c1. The molecule has 1 fully saturated rings. The second-order valence-electron chi connectivity index (χ2n) is 5.17. The van der Waals surface area contributed by atoms with Gasteiger partial charge in [-0.1, -0.05) is 6.07 Å². The van der Waals surface area contributed by atoms with Crippen molar-refractivity contribution >= 4 is 11.7 Å². The van der Waals surface area contributed by atoms with Gasteiger partial charge in [-0.3, -0.25) is 0 Å². The highest BCUT2D eigenvalue weighted by Crippen LogP contribution is 2.16. The Kier molecular flexibility index (Phi) is 5.68. The number of anilines is 1. The third-order valence-corrected chi connectivity index (χ3v) is 3.65. The summed E-state index contributed by atoms with van der Waals surface area (Å²) < 4.78 is 5.12. The number of ether oxygens (including phenoxy) is 1. The number of rotatable bonds is 5. The molecular formula is C15H24N3O2+. The van der Waals surface area contributed by atoms with Gasteiger partial charge < -0.3 is 20.3 Å². The van der Waals surface area contributed by atoms with Crippen LogP contribution in [0.25, 0.3) is 0 Å². The fourth-order valence-corrected chi connectivity index (χ4v) is 2.53. The number of benzene rings is 1. The Bertz CT molecular complexity index is 431. The van der Waals surface area contributed by atoms with Crippen molar-refractivity contribution in [1.82, 2.24) is 5.32 Å². The van der Waals surface area contributed by atoms with Crippen molar-refractivity contribution in [3.05, 3.63) is 24.3 Å². The number of carbonyl (C=O) groups is 1. The molecule has 0 bridgehead atoms. The van der Waals surface area contributed by atoms with Gasteiger partial charge in [0.15, 0.2) is 0 Å². The Labute approximate surface area is 120 Å². The topological polar surface area (TPSA) is 54.8 Å². The fourth-order valence-electron chi connectivity index (χ4n) is 2.53. The lowest BCUT2D eigenvalue weighted by atomic mass is 10.1. The minimum Gasteiger partial charge on any atom is -0.497 e. The Morgan fingerprint density at radius 1 is 1.30 bits per heavy atom. The van der Waals surface area contributed by atoms with Gasteiger partial charge in [-0.25, -0.2) is 4.79 Å². The minimum atomic E-state index is -0.158. The van der Waals surface area contributed by atoms with Crippen molar-refractivity contribution < 1.29 is 14.4 Å². The van der Waals surface area contributed by atoms with E-state index in [1.54, 1.807) is 18.1 Å². The zero-order valence-corrected chi connectivity index (χ0v) is 12.1. The summed E-state index contributed by atoms with van der Waals surface area (Å²) in [5.41, 5.74) is 0.743. The van der Waals surface area contributed by atoms with Gasteiger partial charge in [0, 0.05) is 11.8 Å². The number of urea groups is 1. The van der Waals surface area contributed by atoms with E-state index in [4.69, 9.17) is 4.74 Å². The second-order valence-corrected chi connectivity index (χ2v) is 5.17. The molecule has 3 N–H and O–H groups in total. The van der Waals surface area contributed by atoms with Gasteiger partial charge in [0.25, 0.3) is 0 Å². The number of methoxy groups -OCH3 is 1. The highest BCUT2D eigenvalue weighted by molar-refractivity contribution is 5.89. The fraction of sp³-hybridized carbons (Fsp3) is 0.533. The van der Waals surface area contributed by atoms with Crippen LogP contribution in [-0.4, -0.2) is 39.3 Å². The normalized spacial score (nSPS) is 15.7. The van der Waals surface area contributed by atoms with Gasteiger partial charge in [-0.05, 0) is 31.4 Å². The lowest BCUT2D eigenvalue weighted by Gasteiger charge is -2.23. The van der Waals surface area contributed by atoms with Gasteiger partial charge >= 0.3 is 6.03 Å². The van der Waals surface area contributed by atoms with E-state index in [9.17, 15) is 4.79 Å². The van der Waals surface area contributed by atoms with Crippen molar-refractivity contribution in [3.63, 3.8) is 0 Å². The molecule has 2 amide bonds. The molecule has 20 heavy (non-hydrogen) atoms. The van der Waals surface area contributed by atoms with E-state index in [2.05, 4.69) is 10.6 Å². The molecule has 0 saturated carbocycles. The molecule has 0 aromatic heterocycles. The lowest BCUT2D eigenvalue weighted by Crippen LogP contribution is -3.13. The van der Waals surface area contributed by atoms with Gasteiger partial charge in [0.05, 0.1) is 33.3 Å². The molecule has 5 nitrogen and oxygen atoms in total. The van der Waals surface area contributed by atoms with E-state index in [0.717, 1.165) is 18.0 Å². The molecular weight excluding hydrogens is 254 g/mol. The van der Waals surface area contributed by atoms with Crippen LogP contribution in [0.2, 0.25) is 0 Å². The predicted octanol–water partition coefficient (Wildman–Crippen LogP) is 0.885. The molecule has 1 saturated heterocycles. The van der Waals surface area contributed by atoms with E-state index >= 15 is 0 Å². The molecule has 1 aliphatic heterocycles. The van der Waals surface area contributed by atoms with Crippen molar-refractivity contribution in [1.29, 1.82) is 0 Å². The van der Waals surface area contributed by atoms with Crippen LogP contribution in [0.5, 0.6) is 5.75 Å². The Balaban J connectivity index is 1.69. The zero-order valence-electron chi connectivity index (χ0n) is 12.1. The summed E-state index contributed by atoms with van der Waals surface area (Å²) in [5, 5.41) is 5.72. The van der Waals surface area contributed by atoms with E-state index in [0.29, 0.717) is 6.54 Å². The maximum atomic E-state index is 11.8. The minimum absolute atomic E-state index is 0.158. The molecule has 1 aromatic rings. The largest absolute Gasteiger partial charge is 0.497 e. The molecule has 1 heterocycles. The quantitative estimate of drug-likeness (QED) is 0.749. The highest BCUT2D eigenvalue weighted by atomic mass is 16.5. The first kappa shape index (κ1) is 14.7. The van der Waals surface area contributed by atoms with Crippen molar-refractivity contribution in [2.45, 2.75) is 19.3 Å². The first-order valence-corrected chi connectivity index (χ1v) is 7.30. The monoisotopic (exact) mass is 278 g/mol. The smallest absolute Gasteiger partial charge is 0.319 e. The first-order chi connectivity index (χ1) is 9.78. The molecule has 5 heteroatoms. The average Bonchev–Trinajstić information content (AvgIpc) is 2.48. The van der Waals surface area contributed by atoms with Crippen LogP contribution in [0.4, 0.5) is 10.5 Å². The number of amides is 2. The molecule has 2 rings (SSSR count). The molecule has 0 aliphatic carbocycles. The number of hydrogen-bond acceptors (Lipinski definition) is 2. The summed E-state index contributed by atoms with van der Waals surface area (Å²) in [6.07, 6.45) is 3.98. The number of nitrogens with one attached hydrogen (secondary N) is 3. The second kappa shape index (κ2) is 7.75. The first-order valence-electron chi connectivity index (χ1n) is 7.30. The van der Waals surface area contributed by atoms with Crippen LogP contribution in [0.15, 0.2) is 24.3 Å². The number of piperidine rings is 1. The molecule has 1 aromatic carbocycles. The van der Waals surface area contributed by atoms with Crippen molar-refractivity contribution in [2.75, 3.05) is 38.6 Å². The standard InChI is InChI=1S/C15H23N3O2/c1-20-14-7-5-6-13(12-14)17-15(19)16-8-11-18-9-3-2-4-10-18/h5-7,12H,2-4,8-11H2,1H3,(H2,16,17,19)/p+1. The van der Waals surface area contributed by atoms with E-state index in [-0.39, 0.29) is 6.03 Å². The van der Waals surface area contributed by atoms with Crippen LogP contribution in [0.1, 0.15) is 19.3 Å². The molecule has 0 atom stereocenters. The van der Waals surface area contributed by atoms with Gasteiger partial charge in [-0.15, -0.1) is 0 Å². The zero-order chi connectivity index (χ0) is 14.2. The third kappa shape index (κ3) is 4.74. The number of quaternary nitrogens is 1. The van der Waals surface area contributed by atoms with E-state index in [1.165, 1.54) is 32.4 Å². The number of hydrogen-bond donors (Lipinski definition) is 3. The van der Waals surface area contributed by atoms with Crippen molar-refractivity contribution in [3.8, 4) is 5.75 Å². The molecule has 0 spiro atoms. The molecule has 1 aliphatic rings. The third-order valence-electron chi connectivity index (χ3n) is 3.65. The van der Waals surface area contributed by atoms with Crippen LogP contribution in [-0.2, 0) is 0 Å². The van der Waals surface area contributed by atoms with E-state index in [1.807, 2.05) is 18.2 Å². The maximum Gasteiger partial charge on any atom is 0.319 e. The number of likely N-dealkylation sites (tertiary alicyclic amines) is 1. The highest BCUT2D eigenvalue weighted by Gasteiger charge is 2.13. The van der Waals surface area contributed by atoms with Crippen molar-refractivity contribution in [2.24, 2.45) is 0 Å². The molecule has 110 valence electrons. The summed E-state index contributed by atoms with van der Waals surface area (Å²) in [6, 6.07) is 7.19. The summed E-state index contributed by atoms with van der Waals surface area (Å²) in [4.78, 5) is 13.4. The predicted molar refractivity (Wildman–Crippen MR) is 79.4 cm³/mol. The van der Waals surface area contributed by atoms with E-state index < -0.39 is 0 Å². The Hall–Kier alpha value is -1.75. The summed E-state index contributed by atoms with van der Waals surface area (Å²) in [6.45, 7) is 4.19. The lowest BCUT2D eigenvalue weighted by molar-refractivity contribution is -0.903. The Morgan fingerprint density at radius 2 is 2.10 bits per heavy atom. The van der Waals surface area contributed by atoms with Gasteiger partial charge in [-0.2, -0.15) is 0 Å². The maximum absolute atomic E-state index is 11.8. The van der Waals surface area contributed by atoms with Crippen LogP contribution in [0.3, 0.4) is 0 Å². The summed E-state index contributed by atoms with van der Waals surface area (Å²) in [5.74, 6) is 0.737. The van der Waals surface area contributed by atoms with Crippen LogP contribution < -0.4 is 20.3 Å². The van der Waals surface area contributed by atoms with Gasteiger partial charge in [0.2, 0.25) is 0 Å². The van der Waals surface area contributed by atoms with Gasteiger partial charge in [0.1, 0.15) is 5.75 Å². The average molecular weight is 278 g/mol. The van der Waals surface area contributed by atoms with Crippen LogP contribution >= 0.6 is 0 Å². The molecule has 0 unspecified atom stereocenters. The summed E-state index contributed by atoms with van der Waals surface area (Å²) >= 11 is 0. The number of carbonyl (C=O) groups excluding carboxylic acids is 1. The molecule has 0 radical (unpaired) electrons. The summed E-state index contributed by atoms with van der Waals surface area (Å²) in [7, 11) is 1.61.